The molecule has 114 valence electrons. The summed E-state index contributed by atoms with van der Waals surface area (Å²) in [5.74, 6) is 0. The van der Waals surface area contributed by atoms with Crippen LogP contribution >= 0.6 is 0 Å². The lowest BCUT2D eigenvalue weighted by atomic mass is 10.1. The zero-order valence-electron chi connectivity index (χ0n) is 12.6. The molecule has 0 radical (unpaired) electrons. The molecule has 4 aromatic rings. The Morgan fingerprint density at radius 3 is 2.65 bits per heavy atom. The summed E-state index contributed by atoms with van der Waals surface area (Å²) in [5.41, 5.74) is 4.09. The van der Waals surface area contributed by atoms with Gasteiger partial charge in [-0.2, -0.15) is 0 Å². The summed E-state index contributed by atoms with van der Waals surface area (Å²) in [6.45, 7) is 1.96. The van der Waals surface area contributed by atoms with E-state index in [0.29, 0.717) is 5.39 Å². The Balaban J connectivity index is 2.04. The van der Waals surface area contributed by atoms with Gasteiger partial charge >= 0.3 is 0 Å². The summed E-state index contributed by atoms with van der Waals surface area (Å²) in [4.78, 5) is 17.0. The number of nitrogens with zero attached hydrogens (tertiary/aromatic N) is 2. The van der Waals surface area contributed by atoms with Gasteiger partial charge in [-0.15, -0.1) is 0 Å². The quantitative estimate of drug-likeness (QED) is 0.598. The fourth-order valence-electron chi connectivity index (χ4n) is 2.78. The van der Waals surface area contributed by atoms with Crippen LogP contribution in [0.3, 0.4) is 0 Å². The van der Waals surface area contributed by atoms with Gasteiger partial charge in [0.15, 0.2) is 0 Å². The number of rotatable bonds is 2. The summed E-state index contributed by atoms with van der Waals surface area (Å²) in [7, 11) is 0. The van der Waals surface area contributed by atoms with Crippen molar-refractivity contribution in [2.24, 2.45) is 0 Å². The van der Waals surface area contributed by atoms with Crippen molar-refractivity contribution >= 4 is 21.8 Å². The summed E-state index contributed by atoms with van der Waals surface area (Å²) in [6, 6.07) is 13.3. The van der Waals surface area contributed by atoms with Crippen molar-refractivity contribution in [2.75, 3.05) is 0 Å². The van der Waals surface area contributed by atoms with Gasteiger partial charge in [-0.3, -0.25) is 14.9 Å². The average Bonchev–Trinajstić information content (AvgIpc) is 2.92. The van der Waals surface area contributed by atoms with Crippen LogP contribution in [0.4, 0.5) is 0 Å². The Morgan fingerprint density at radius 1 is 1.13 bits per heavy atom. The van der Waals surface area contributed by atoms with E-state index in [1.165, 1.54) is 4.68 Å². The van der Waals surface area contributed by atoms with Gasteiger partial charge in [0.25, 0.3) is 5.56 Å². The van der Waals surface area contributed by atoms with Gasteiger partial charge in [-0.1, -0.05) is 23.8 Å². The molecule has 2 N–H and O–H groups in total. The van der Waals surface area contributed by atoms with Crippen molar-refractivity contribution in [1.29, 1.82) is 0 Å². The van der Waals surface area contributed by atoms with Crippen LogP contribution in [0.15, 0.2) is 53.5 Å². The highest BCUT2D eigenvalue weighted by molar-refractivity contribution is 6.03. The molecular weight excluding hydrogens is 290 g/mol. The molecule has 4 rings (SSSR count). The first kappa shape index (κ1) is 13.7. The lowest BCUT2D eigenvalue weighted by Gasteiger charge is -2.02. The summed E-state index contributed by atoms with van der Waals surface area (Å²) in [6.07, 6.45) is 1.60. The van der Waals surface area contributed by atoms with E-state index in [4.69, 9.17) is 0 Å². The number of aromatic nitrogens is 3. The molecule has 5 nitrogen and oxygen atoms in total. The smallest absolute Gasteiger partial charge is 0.280 e. The minimum Gasteiger partial charge on any atom is -0.392 e. The number of hydrogen-bond donors (Lipinski definition) is 2. The second kappa shape index (κ2) is 5.07. The highest BCUT2D eigenvalue weighted by atomic mass is 16.3. The molecule has 0 aliphatic rings. The third kappa shape index (κ3) is 2.13. The molecule has 0 spiro atoms. The number of pyridine rings is 1. The van der Waals surface area contributed by atoms with Crippen LogP contribution in [-0.4, -0.2) is 19.9 Å². The summed E-state index contributed by atoms with van der Waals surface area (Å²) in [5, 5.41) is 13.9. The Labute approximate surface area is 131 Å². The van der Waals surface area contributed by atoms with E-state index in [1.807, 2.05) is 49.4 Å². The molecule has 5 heteroatoms. The topological polar surface area (TPSA) is 70.9 Å². The predicted molar refractivity (Wildman–Crippen MR) is 89.9 cm³/mol. The number of aliphatic hydroxyl groups is 1. The van der Waals surface area contributed by atoms with Crippen LogP contribution < -0.4 is 5.56 Å². The summed E-state index contributed by atoms with van der Waals surface area (Å²) >= 11 is 0. The van der Waals surface area contributed by atoms with Crippen LogP contribution in [-0.2, 0) is 6.61 Å². The number of aryl methyl sites for hydroxylation is 1. The predicted octanol–water partition coefficient (Wildman–Crippen LogP) is 2.67. The van der Waals surface area contributed by atoms with Crippen molar-refractivity contribution in [3.8, 4) is 5.69 Å². The molecule has 0 aliphatic heterocycles. The van der Waals surface area contributed by atoms with Gasteiger partial charge in [-0.05, 0) is 36.8 Å². The van der Waals surface area contributed by atoms with Crippen molar-refractivity contribution in [3.63, 3.8) is 0 Å². The Hall–Kier alpha value is -2.92. The number of benzene rings is 2. The number of aliphatic hydroxyl groups excluding tert-OH is 1. The molecule has 0 saturated heterocycles. The van der Waals surface area contributed by atoms with Gasteiger partial charge in [0.1, 0.15) is 0 Å². The maximum atomic E-state index is 12.7. The molecule has 2 aromatic carbocycles. The van der Waals surface area contributed by atoms with Crippen LogP contribution in [0.1, 0.15) is 11.1 Å². The first-order valence-corrected chi connectivity index (χ1v) is 7.37. The van der Waals surface area contributed by atoms with Crippen LogP contribution in [0.25, 0.3) is 27.5 Å². The van der Waals surface area contributed by atoms with Crippen LogP contribution in [0.5, 0.6) is 0 Å². The van der Waals surface area contributed by atoms with Crippen LogP contribution in [0.2, 0.25) is 0 Å². The standard InChI is InChI=1S/C18H15N3O2/c1-11-2-5-13(6-3-11)21-18(23)15-9-19-16-7-4-12(10-22)8-14(16)17(15)20-21/h2-9,20,22H,10H2,1H3. The maximum Gasteiger partial charge on any atom is 0.280 e. The summed E-state index contributed by atoms with van der Waals surface area (Å²) < 4.78 is 1.52. The Kier molecular flexibility index (Phi) is 3.02. The number of hydrogen-bond acceptors (Lipinski definition) is 3. The number of fused-ring (bicyclic) bond motifs is 3. The van der Waals surface area contributed by atoms with E-state index in [0.717, 1.165) is 33.2 Å². The van der Waals surface area contributed by atoms with Crippen molar-refractivity contribution in [3.05, 3.63) is 70.1 Å². The normalized spacial score (nSPS) is 11.4. The van der Waals surface area contributed by atoms with E-state index in [2.05, 4.69) is 10.1 Å². The van der Waals surface area contributed by atoms with E-state index >= 15 is 0 Å². The fourth-order valence-corrected chi connectivity index (χ4v) is 2.78. The molecule has 0 fully saturated rings. The molecule has 2 heterocycles. The fraction of sp³-hybridized carbons (Fsp3) is 0.111. The van der Waals surface area contributed by atoms with Gasteiger partial charge < -0.3 is 5.11 Å². The first-order valence-electron chi connectivity index (χ1n) is 7.37. The second-order valence-electron chi connectivity index (χ2n) is 5.64. The van der Waals surface area contributed by atoms with Gasteiger partial charge in [-0.25, -0.2) is 4.68 Å². The molecule has 0 atom stereocenters. The SMILES string of the molecule is Cc1ccc(-n2[nH]c3c(cnc4ccc(CO)cc43)c2=O)cc1. The lowest BCUT2D eigenvalue weighted by molar-refractivity contribution is 0.282. The minimum absolute atomic E-state index is 0.0464. The van der Waals surface area contributed by atoms with Crippen LogP contribution in [0, 0.1) is 6.92 Å². The molecule has 0 aliphatic carbocycles. The molecule has 0 unspecified atom stereocenters. The highest BCUT2D eigenvalue weighted by Gasteiger charge is 2.12. The number of nitrogens with one attached hydrogen (secondary N) is 1. The third-order valence-corrected chi connectivity index (χ3v) is 4.06. The van der Waals surface area contributed by atoms with Gasteiger partial charge in [0.2, 0.25) is 0 Å². The number of aromatic amines is 1. The molecule has 23 heavy (non-hydrogen) atoms. The second-order valence-corrected chi connectivity index (χ2v) is 5.64. The van der Waals surface area contributed by atoms with Gasteiger partial charge in [0.05, 0.1) is 28.7 Å². The number of H-pyrrole nitrogens is 1. The van der Waals surface area contributed by atoms with Crippen molar-refractivity contribution in [1.82, 2.24) is 14.8 Å². The molecular formula is C18H15N3O2. The molecule has 0 saturated carbocycles. The monoisotopic (exact) mass is 305 g/mol. The minimum atomic E-state index is -0.132. The zero-order valence-corrected chi connectivity index (χ0v) is 12.6. The Morgan fingerprint density at radius 2 is 1.91 bits per heavy atom. The maximum absolute atomic E-state index is 12.7. The van der Waals surface area contributed by atoms with Gasteiger partial charge in [0, 0.05) is 11.6 Å². The van der Waals surface area contributed by atoms with E-state index < -0.39 is 0 Å². The highest BCUT2D eigenvalue weighted by Crippen LogP contribution is 2.22. The largest absolute Gasteiger partial charge is 0.392 e. The van der Waals surface area contributed by atoms with E-state index in [-0.39, 0.29) is 12.2 Å². The van der Waals surface area contributed by atoms with Crippen molar-refractivity contribution in [2.45, 2.75) is 13.5 Å². The van der Waals surface area contributed by atoms with E-state index in [9.17, 15) is 9.90 Å². The zero-order chi connectivity index (χ0) is 16.0. The Bertz CT molecular complexity index is 1080. The van der Waals surface area contributed by atoms with Crippen molar-refractivity contribution < 1.29 is 5.11 Å². The molecule has 0 amide bonds. The van der Waals surface area contributed by atoms with E-state index in [1.54, 1.807) is 6.20 Å². The molecule has 2 aromatic heterocycles. The third-order valence-electron chi connectivity index (χ3n) is 4.06. The lowest BCUT2D eigenvalue weighted by Crippen LogP contribution is -2.14. The first-order chi connectivity index (χ1) is 11.2. The molecule has 0 bridgehead atoms. The average molecular weight is 305 g/mol.